The lowest BCUT2D eigenvalue weighted by atomic mass is 10.2. The zero-order valence-electron chi connectivity index (χ0n) is 9.54. The van der Waals surface area contributed by atoms with Gasteiger partial charge in [-0.3, -0.25) is 0 Å². The zero-order chi connectivity index (χ0) is 12.5. The fourth-order valence-corrected chi connectivity index (χ4v) is 2.89. The van der Waals surface area contributed by atoms with E-state index >= 15 is 0 Å². The van der Waals surface area contributed by atoms with Crippen LogP contribution in [0.4, 0.5) is 0 Å². The van der Waals surface area contributed by atoms with Gasteiger partial charge in [-0.2, -0.15) is 19.6 Å². The van der Waals surface area contributed by atoms with Crippen LogP contribution in [0.2, 0.25) is 5.15 Å². The Hall–Kier alpha value is -1.59. The zero-order valence-corrected chi connectivity index (χ0v) is 11.1. The van der Waals surface area contributed by atoms with Gasteiger partial charge in [-0.15, -0.1) is 0 Å². The molecule has 90 valence electrons. The molecule has 0 saturated carbocycles. The molecule has 0 radical (unpaired) electrons. The third-order valence-electron chi connectivity index (χ3n) is 2.40. The van der Waals surface area contributed by atoms with E-state index in [1.165, 1.54) is 11.9 Å². The van der Waals surface area contributed by atoms with Crippen molar-refractivity contribution < 1.29 is 0 Å². The molecular formula is C12H9ClN4S. The Morgan fingerprint density at radius 2 is 2.17 bits per heavy atom. The Balaban J connectivity index is 2.06. The first-order valence-corrected chi connectivity index (χ1v) is 6.52. The number of hydrogen-bond acceptors (Lipinski definition) is 4. The molecule has 2 heterocycles. The number of aryl methyl sites for hydroxylation is 1. The van der Waals surface area contributed by atoms with Gasteiger partial charge < -0.3 is 0 Å². The Bertz CT molecular complexity index is 710. The summed E-state index contributed by atoms with van der Waals surface area (Å²) in [6.45, 7) is 2.06. The normalized spacial score (nSPS) is 11.0. The molecule has 0 aliphatic carbocycles. The molecule has 4 nitrogen and oxygen atoms in total. The lowest BCUT2D eigenvalue weighted by Crippen LogP contribution is -1.95. The number of benzene rings is 1. The number of halogens is 1. The second-order valence-electron chi connectivity index (χ2n) is 3.81. The Morgan fingerprint density at radius 1 is 1.28 bits per heavy atom. The molecule has 1 aromatic carbocycles. The van der Waals surface area contributed by atoms with Gasteiger partial charge in [0.2, 0.25) is 0 Å². The lowest BCUT2D eigenvalue weighted by Gasteiger charge is -2.04. The summed E-state index contributed by atoms with van der Waals surface area (Å²) in [7, 11) is 0. The molecule has 2 aromatic heterocycles. The predicted octanol–water partition coefficient (Wildman–Crippen LogP) is 3.24. The van der Waals surface area contributed by atoms with Crippen LogP contribution in [0.1, 0.15) is 5.56 Å². The fourth-order valence-electron chi connectivity index (χ4n) is 1.63. The van der Waals surface area contributed by atoms with E-state index in [0.717, 1.165) is 9.92 Å². The molecule has 0 atom stereocenters. The molecular weight excluding hydrogens is 268 g/mol. The maximum atomic E-state index is 5.97. The standard InChI is InChI=1S/C12H9ClN4S/c1-8-3-2-4-9(5-8)18-11-6-10(13)16-12-14-7-15-17(11)12/h2-7H,1H3. The third-order valence-corrected chi connectivity index (χ3v) is 3.58. The highest BCUT2D eigenvalue weighted by Crippen LogP contribution is 2.29. The number of aromatic nitrogens is 4. The van der Waals surface area contributed by atoms with E-state index in [-0.39, 0.29) is 0 Å². The smallest absolute Gasteiger partial charge is 0.199 e. The molecule has 3 aromatic rings. The maximum Gasteiger partial charge on any atom is 0.254 e. The second kappa shape index (κ2) is 4.59. The summed E-state index contributed by atoms with van der Waals surface area (Å²) in [4.78, 5) is 9.27. The highest BCUT2D eigenvalue weighted by Gasteiger charge is 2.08. The monoisotopic (exact) mass is 276 g/mol. The lowest BCUT2D eigenvalue weighted by molar-refractivity contribution is 0.842. The molecule has 6 heteroatoms. The van der Waals surface area contributed by atoms with E-state index in [0.29, 0.717) is 10.9 Å². The molecule has 0 unspecified atom stereocenters. The first-order valence-electron chi connectivity index (χ1n) is 5.33. The molecule has 3 rings (SSSR count). The topological polar surface area (TPSA) is 43.1 Å². The van der Waals surface area contributed by atoms with Crippen molar-refractivity contribution in [1.29, 1.82) is 0 Å². The van der Waals surface area contributed by atoms with Crippen molar-refractivity contribution in [3.8, 4) is 0 Å². The SMILES string of the molecule is Cc1cccc(Sc2cc(Cl)nc3ncnn23)c1. The molecule has 0 aliphatic heterocycles. The number of nitrogens with zero attached hydrogens (tertiary/aromatic N) is 4. The fraction of sp³-hybridized carbons (Fsp3) is 0.0833. The van der Waals surface area contributed by atoms with Crippen molar-refractivity contribution in [3.63, 3.8) is 0 Å². The van der Waals surface area contributed by atoms with Gasteiger partial charge in [0.15, 0.2) is 0 Å². The molecule has 0 amide bonds. The highest BCUT2D eigenvalue weighted by atomic mass is 35.5. The minimum absolute atomic E-state index is 0.422. The average Bonchev–Trinajstić information content (AvgIpc) is 2.77. The largest absolute Gasteiger partial charge is 0.254 e. The van der Waals surface area contributed by atoms with Crippen molar-refractivity contribution >= 4 is 29.1 Å². The average molecular weight is 277 g/mol. The minimum atomic E-state index is 0.422. The first kappa shape index (κ1) is 11.5. The van der Waals surface area contributed by atoms with Crippen molar-refractivity contribution in [2.45, 2.75) is 16.8 Å². The maximum absolute atomic E-state index is 5.97. The summed E-state index contributed by atoms with van der Waals surface area (Å²) < 4.78 is 1.68. The number of fused-ring (bicyclic) bond motifs is 1. The van der Waals surface area contributed by atoms with E-state index in [4.69, 9.17) is 11.6 Å². The van der Waals surface area contributed by atoms with Crippen molar-refractivity contribution in [2.24, 2.45) is 0 Å². The molecule has 0 fully saturated rings. The van der Waals surface area contributed by atoms with Crippen LogP contribution in [-0.2, 0) is 0 Å². The molecule has 0 spiro atoms. The van der Waals surface area contributed by atoms with Crippen molar-refractivity contribution in [1.82, 2.24) is 19.6 Å². The molecule has 18 heavy (non-hydrogen) atoms. The third kappa shape index (κ3) is 2.19. The van der Waals surface area contributed by atoms with E-state index < -0.39 is 0 Å². The quantitative estimate of drug-likeness (QED) is 0.674. The molecule has 0 saturated heterocycles. The number of rotatable bonds is 2. The second-order valence-corrected chi connectivity index (χ2v) is 5.29. The molecule has 0 aliphatic rings. The van der Waals surface area contributed by atoms with Crippen LogP contribution in [0.25, 0.3) is 5.78 Å². The summed E-state index contributed by atoms with van der Waals surface area (Å²) in [5.74, 6) is 0.512. The van der Waals surface area contributed by atoms with Crippen LogP contribution in [0.5, 0.6) is 0 Å². The Kier molecular flexibility index (Phi) is 2.93. The van der Waals surface area contributed by atoms with Crippen LogP contribution >= 0.6 is 23.4 Å². The van der Waals surface area contributed by atoms with Crippen molar-refractivity contribution in [2.75, 3.05) is 0 Å². The minimum Gasteiger partial charge on any atom is -0.199 e. The van der Waals surface area contributed by atoms with E-state index in [9.17, 15) is 0 Å². The van der Waals surface area contributed by atoms with Gasteiger partial charge in [0.25, 0.3) is 5.78 Å². The Labute approximate surface area is 113 Å². The highest BCUT2D eigenvalue weighted by molar-refractivity contribution is 7.99. The van der Waals surface area contributed by atoms with E-state index in [1.807, 2.05) is 6.07 Å². The van der Waals surface area contributed by atoms with Gasteiger partial charge in [0.1, 0.15) is 16.5 Å². The van der Waals surface area contributed by atoms with E-state index in [2.05, 4.69) is 40.2 Å². The van der Waals surface area contributed by atoms with Crippen molar-refractivity contribution in [3.05, 3.63) is 47.4 Å². The van der Waals surface area contributed by atoms with Crippen LogP contribution in [0, 0.1) is 6.92 Å². The van der Waals surface area contributed by atoms with Gasteiger partial charge in [0, 0.05) is 11.0 Å². The summed E-state index contributed by atoms with van der Waals surface area (Å²) in [6.07, 6.45) is 1.47. The van der Waals surface area contributed by atoms with Crippen LogP contribution < -0.4 is 0 Å². The summed E-state index contributed by atoms with van der Waals surface area (Å²) in [5.41, 5.74) is 1.22. The first-order chi connectivity index (χ1) is 8.72. The van der Waals surface area contributed by atoms with Gasteiger partial charge >= 0.3 is 0 Å². The Morgan fingerprint density at radius 3 is 3.00 bits per heavy atom. The summed E-state index contributed by atoms with van der Waals surface area (Å²) >= 11 is 7.56. The summed E-state index contributed by atoms with van der Waals surface area (Å²) in [5, 5.41) is 5.46. The molecule has 0 bridgehead atoms. The van der Waals surface area contributed by atoms with E-state index in [1.54, 1.807) is 22.3 Å². The summed E-state index contributed by atoms with van der Waals surface area (Å²) in [6, 6.07) is 10.0. The van der Waals surface area contributed by atoms with Gasteiger partial charge in [0.05, 0.1) is 0 Å². The van der Waals surface area contributed by atoms with Gasteiger partial charge in [-0.25, -0.2) is 0 Å². The van der Waals surface area contributed by atoms with Gasteiger partial charge in [-0.05, 0) is 19.1 Å². The molecule has 0 N–H and O–H groups in total. The van der Waals surface area contributed by atoms with Crippen LogP contribution in [-0.4, -0.2) is 19.6 Å². The predicted molar refractivity (Wildman–Crippen MR) is 71.1 cm³/mol. The van der Waals surface area contributed by atoms with Crippen LogP contribution in [0.3, 0.4) is 0 Å². The van der Waals surface area contributed by atoms with Gasteiger partial charge in [-0.1, -0.05) is 41.1 Å². The number of hydrogen-bond donors (Lipinski definition) is 0. The van der Waals surface area contributed by atoms with Crippen LogP contribution in [0.15, 0.2) is 46.6 Å².